The van der Waals surface area contributed by atoms with Crippen LogP contribution in [0.15, 0.2) is 24.3 Å². The average molecular weight is 290 g/mol. The zero-order valence-electron chi connectivity index (χ0n) is 13.1. The fourth-order valence-electron chi connectivity index (χ4n) is 3.02. The molecule has 1 atom stereocenters. The Labute approximate surface area is 127 Å². The van der Waals surface area contributed by atoms with Crippen LogP contribution in [-0.2, 0) is 0 Å². The van der Waals surface area contributed by atoms with E-state index in [1.54, 1.807) is 0 Å². The van der Waals surface area contributed by atoms with Crippen LogP contribution in [0.25, 0.3) is 0 Å². The maximum absolute atomic E-state index is 12.5. The summed E-state index contributed by atoms with van der Waals surface area (Å²) in [6.07, 6.45) is 2.42. The first-order chi connectivity index (χ1) is 10.2. The predicted octanol–water partition coefficient (Wildman–Crippen LogP) is 2.20. The molecule has 0 bridgehead atoms. The van der Waals surface area contributed by atoms with Gasteiger partial charge in [0.2, 0.25) is 0 Å². The second-order valence-electron chi connectivity index (χ2n) is 5.65. The molecule has 2 rings (SSSR count). The number of ketones is 1. The van der Waals surface area contributed by atoms with E-state index < -0.39 is 0 Å². The third-order valence-electron chi connectivity index (χ3n) is 3.95. The number of carbonyl (C=O) groups excluding carboxylic acids is 1. The molecule has 1 heterocycles. The van der Waals surface area contributed by atoms with Gasteiger partial charge in [0.15, 0.2) is 5.78 Å². The van der Waals surface area contributed by atoms with Crippen LogP contribution in [-0.4, -0.2) is 50.5 Å². The van der Waals surface area contributed by atoms with Crippen LogP contribution < -0.4 is 10.1 Å². The van der Waals surface area contributed by atoms with Gasteiger partial charge in [-0.1, -0.05) is 12.1 Å². The number of carbonyl (C=O) groups is 1. The Kier molecular flexibility index (Phi) is 6.21. The molecule has 1 N–H and O–H groups in total. The molecule has 1 aromatic carbocycles. The number of hydrogen-bond acceptors (Lipinski definition) is 4. The summed E-state index contributed by atoms with van der Waals surface area (Å²) in [7, 11) is 1.99. The monoisotopic (exact) mass is 290 g/mol. The highest BCUT2D eigenvalue weighted by molar-refractivity contribution is 6.00. The van der Waals surface area contributed by atoms with E-state index in [2.05, 4.69) is 10.2 Å². The molecule has 0 aliphatic carbocycles. The second-order valence-corrected chi connectivity index (χ2v) is 5.65. The first-order valence-electron chi connectivity index (χ1n) is 7.86. The largest absolute Gasteiger partial charge is 0.493 e. The van der Waals surface area contributed by atoms with Gasteiger partial charge in [-0.25, -0.2) is 0 Å². The van der Waals surface area contributed by atoms with Crippen molar-refractivity contribution < 1.29 is 9.53 Å². The summed E-state index contributed by atoms with van der Waals surface area (Å²) in [5, 5.41) is 3.24. The fourth-order valence-corrected chi connectivity index (χ4v) is 3.02. The first kappa shape index (κ1) is 16.0. The molecular weight excluding hydrogens is 264 g/mol. The van der Waals surface area contributed by atoms with Crippen molar-refractivity contribution in [3.05, 3.63) is 29.8 Å². The molecule has 21 heavy (non-hydrogen) atoms. The Hall–Kier alpha value is -1.39. The number of hydrogen-bond donors (Lipinski definition) is 1. The van der Waals surface area contributed by atoms with E-state index in [1.807, 2.05) is 38.2 Å². The summed E-state index contributed by atoms with van der Waals surface area (Å²) in [6.45, 7) is 6.06. The van der Waals surface area contributed by atoms with Crippen molar-refractivity contribution in [1.82, 2.24) is 10.2 Å². The number of nitrogens with one attached hydrogen (secondary N) is 1. The van der Waals surface area contributed by atoms with Gasteiger partial charge in [-0.3, -0.25) is 9.69 Å². The second kappa shape index (κ2) is 8.15. The number of piperidine rings is 1. The lowest BCUT2D eigenvalue weighted by atomic mass is 9.97. The standard InChI is InChI=1S/C17H26N2O2/c1-3-21-17-9-5-4-8-15(17)16(20)13-19-10-6-7-14(12-19)11-18-2/h4-5,8-9,14,18H,3,6-7,10-13H2,1-2H3. The summed E-state index contributed by atoms with van der Waals surface area (Å²) in [4.78, 5) is 14.8. The topological polar surface area (TPSA) is 41.6 Å². The molecule has 0 aromatic heterocycles. The molecule has 0 radical (unpaired) electrons. The van der Waals surface area contributed by atoms with E-state index in [9.17, 15) is 4.79 Å². The smallest absolute Gasteiger partial charge is 0.180 e. The Morgan fingerprint density at radius 2 is 2.24 bits per heavy atom. The summed E-state index contributed by atoms with van der Waals surface area (Å²) in [6, 6.07) is 7.54. The van der Waals surface area contributed by atoms with Crippen LogP contribution in [0, 0.1) is 5.92 Å². The third kappa shape index (κ3) is 4.55. The van der Waals surface area contributed by atoms with Gasteiger partial charge in [0.05, 0.1) is 18.7 Å². The van der Waals surface area contributed by atoms with Crippen molar-refractivity contribution in [2.24, 2.45) is 5.92 Å². The summed E-state index contributed by atoms with van der Waals surface area (Å²) in [5.41, 5.74) is 0.704. The lowest BCUT2D eigenvalue weighted by Crippen LogP contribution is -2.41. The molecular formula is C17H26N2O2. The van der Waals surface area contributed by atoms with Gasteiger partial charge in [0, 0.05) is 6.54 Å². The van der Waals surface area contributed by atoms with E-state index in [1.165, 1.54) is 12.8 Å². The normalized spacial score (nSPS) is 19.4. The Bertz CT molecular complexity index is 460. The molecule has 0 amide bonds. The van der Waals surface area contributed by atoms with Gasteiger partial charge >= 0.3 is 0 Å². The van der Waals surface area contributed by atoms with E-state index in [0.717, 1.165) is 19.6 Å². The SMILES string of the molecule is CCOc1ccccc1C(=O)CN1CCCC(CNC)C1. The van der Waals surface area contributed by atoms with Gasteiger partial charge in [-0.2, -0.15) is 0 Å². The number of para-hydroxylation sites is 1. The molecule has 1 saturated heterocycles. The minimum absolute atomic E-state index is 0.157. The summed E-state index contributed by atoms with van der Waals surface area (Å²) >= 11 is 0. The molecule has 0 spiro atoms. The molecule has 1 aliphatic heterocycles. The number of nitrogens with zero attached hydrogens (tertiary/aromatic N) is 1. The molecule has 1 fully saturated rings. The number of rotatable bonds is 7. The molecule has 4 nitrogen and oxygen atoms in total. The van der Waals surface area contributed by atoms with Gasteiger partial charge in [0.25, 0.3) is 0 Å². The van der Waals surface area contributed by atoms with Crippen molar-refractivity contribution >= 4 is 5.78 Å². The van der Waals surface area contributed by atoms with Crippen LogP contribution in [0.4, 0.5) is 0 Å². The molecule has 4 heteroatoms. The molecule has 1 aromatic rings. The number of likely N-dealkylation sites (tertiary alicyclic amines) is 1. The van der Waals surface area contributed by atoms with Crippen LogP contribution in [0.5, 0.6) is 5.75 Å². The zero-order chi connectivity index (χ0) is 15.1. The van der Waals surface area contributed by atoms with Gasteiger partial charge in [-0.05, 0) is 58.0 Å². The lowest BCUT2D eigenvalue weighted by molar-refractivity contribution is 0.0883. The van der Waals surface area contributed by atoms with Crippen LogP contribution in [0.1, 0.15) is 30.1 Å². The minimum Gasteiger partial charge on any atom is -0.493 e. The van der Waals surface area contributed by atoms with Gasteiger partial charge < -0.3 is 10.1 Å². The predicted molar refractivity (Wildman–Crippen MR) is 85.0 cm³/mol. The number of Topliss-reactive ketones (excluding diaryl/α,β-unsaturated/α-hetero) is 1. The third-order valence-corrected chi connectivity index (χ3v) is 3.95. The highest BCUT2D eigenvalue weighted by atomic mass is 16.5. The number of ether oxygens (including phenoxy) is 1. The Morgan fingerprint density at radius 3 is 3.00 bits per heavy atom. The maximum atomic E-state index is 12.5. The van der Waals surface area contributed by atoms with E-state index in [0.29, 0.717) is 30.4 Å². The Morgan fingerprint density at radius 1 is 1.43 bits per heavy atom. The minimum atomic E-state index is 0.157. The number of benzene rings is 1. The highest BCUT2D eigenvalue weighted by Crippen LogP contribution is 2.21. The molecule has 0 saturated carbocycles. The van der Waals surface area contributed by atoms with Crippen molar-refractivity contribution in [3.63, 3.8) is 0 Å². The van der Waals surface area contributed by atoms with Crippen molar-refractivity contribution in [3.8, 4) is 5.75 Å². The maximum Gasteiger partial charge on any atom is 0.180 e. The van der Waals surface area contributed by atoms with E-state index in [-0.39, 0.29) is 5.78 Å². The van der Waals surface area contributed by atoms with Gasteiger partial charge in [0.1, 0.15) is 5.75 Å². The van der Waals surface area contributed by atoms with Crippen molar-refractivity contribution in [2.45, 2.75) is 19.8 Å². The summed E-state index contributed by atoms with van der Waals surface area (Å²) < 4.78 is 5.56. The summed E-state index contributed by atoms with van der Waals surface area (Å²) in [5.74, 6) is 1.51. The van der Waals surface area contributed by atoms with Crippen LogP contribution >= 0.6 is 0 Å². The molecule has 1 aliphatic rings. The van der Waals surface area contributed by atoms with Crippen molar-refractivity contribution in [2.75, 3.05) is 39.8 Å². The van der Waals surface area contributed by atoms with E-state index in [4.69, 9.17) is 4.74 Å². The molecule has 1 unspecified atom stereocenters. The van der Waals surface area contributed by atoms with Crippen LogP contribution in [0.3, 0.4) is 0 Å². The Balaban J connectivity index is 1.97. The van der Waals surface area contributed by atoms with E-state index >= 15 is 0 Å². The van der Waals surface area contributed by atoms with Gasteiger partial charge in [-0.15, -0.1) is 0 Å². The van der Waals surface area contributed by atoms with Crippen LogP contribution in [0.2, 0.25) is 0 Å². The highest BCUT2D eigenvalue weighted by Gasteiger charge is 2.22. The fraction of sp³-hybridized carbons (Fsp3) is 0.588. The molecule has 116 valence electrons. The zero-order valence-corrected chi connectivity index (χ0v) is 13.1. The first-order valence-corrected chi connectivity index (χ1v) is 7.86. The average Bonchev–Trinajstić information content (AvgIpc) is 2.49. The van der Waals surface area contributed by atoms with Crippen molar-refractivity contribution in [1.29, 1.82) is 0 Å². The quantitative estimate of drug-likeness (QED) is 0.782. The lowest BCUT2D eigenvalue weighted by Gasteiger charge is -2.32.